The molecule has 0 atom stereocenters. The fourth-order valence-corrected chi connectivity index (χ4v) is 6.96. The van der Waals surface area contributed by atoms with E-state index >= 15 is 0 Å². The standard InChI is InChI=1S/C21H19FIN3O3S.C17H16IN3O3/c1-13-10-16(23)5-9-19(13)26-20-8-4-15(22)11-18(20)21(27)25-12-14-2-6-17(7-3-14)30(24,28)29;1-10-8-11(18)2-6-15(10)20-16-7-5-13(21(23)24)9-14(16)17(22)19-12-3-4-12/h2-11,26H,12H2,1H3,(H,25,27)(H2,24,28,29);2,5-9,12,20H,3-4H2,1H3,(H,19,22). The minimum absolute atomic E-state index is 0.0120. The first-order valence-electron chi connectivity index (χ1n) is 16.4. The van der Waals surface area contributed by atoms with Crippen LogP contribution in [0.25, 0.3) is 0 Å². The van der Waals surface area contributed by atoms with Gasteiger partial charge in [-0.2, -0.15) is 0 Å². The fourth-order valence-electron chi connectivity index (χ4n) is 5.15. The van der Waals surface area contributed by atoms with Crippen molar-refractivity contribution in [1.29, 1.82) is 0 Å². The van der Waals surface area contributed by atoms with Crippen molar-refractivity contribution in [3.05, 3.63) is 148 Å². The highest BCUT2D eigenvalue weighted by atomic mass is 127. The minimum atomic E-state index is -3.78. The highest BCUT2D eigenvalue weighted by Gasteiger charge is 2.26. The van der Waals surface area contributed by atoms with Crippen LogP contribution in [0.15, 0.2) is 102 Å². The third-order valence-corrected chi connectivity index (χ3v) is 10.5. The Kier molecular flexibility index (Phi) is 13.2. The number of hydrogen-bond acceptors (Lipinski definition) is 8. The number of aryl methyl sites for hydroxylation is 2. The number of carbonyl (C=O) groups is 2. The molecule has 54 heavy (non-hydrogen) atoms. The number of primary sulfonamides is 1. The van der Waals surface area contributed by atoms with Gasteiger partial charge in [0.15, 0.2) is 0 Å². The molecule has 0 heterocycles. The molecule has 6 N–H and O–H groups in total. The molecular formula is C38H35FI2N6O6S. The number of sulfonamides is 1. The van der Waals surface area contributed by atoms with Crippen molar-refractivity contribution >= 4 is 95.5 Å². The third-order valence-electron chi connectivity index (χ3n) is 8.22. The zero-order valence-corrected chi connectivity index (χ0v) is 34.1. The van der Waals surface area contributed by atoms with E-state index in [2.05, 4.69) is 66.4 Å². The van der Waals surface area contributed by atoms with Gasteiger partial charge in [-0.1, -0.05) is 12.1 Å². The Labute approximate surface area is 339 Å². The Morgan fingerprint density at radius 3 is 1.80 bits per heavy atom. The van der Waals surface area contributed by atoms with Crippen LogP contribution in [-0.4, -0.2) is 31.2 Å². The molecule has 0 aromatic heterocycles. The molecule has 5 aromatic rings. The number of amides is 2. The fraction of sp³-hybridized carbons (Fsp3) is 0.158. The Balaban J connectivity index is 0.000000213. The molecule has 0 spiro atoms. The second-order valence-corrected chi connectivity index (χ2v) is 16.5. The number of nitro groups is 1. The molecule has 1 fully saturated rings. The maximum atomic E-state index is 13.8. The summed E-state index contributed by atoms with van der Waals surface area (Å²) in [5.41, 5.74) is 5.77. The summed E-state index contributed by atoms with van der Waals surface area (Å²) in [4.78, 5) is 35.7. The first kappa shape index (κ1) is 40.5. The van der Waals surface area contributed by atoms with Crippen molar-refractivity contribution in [3.63, 3.8) is 0 Å². The number of nitrogens with two attached hydrogens (primary N) is 1. The molecule has 12 nitrogen and oxygen atoms in total. The van der Waals surface area contributed by atoms with E-state index in [1.54, 1.807) is 18.2 Å². The van der Waals surface area contributed by atoms with Gasteiger partial charge in [-0.05, 0) is 161 Å². The van der Waals surface area contributed by atoms with E-state index in [-0.39, 0.29) is 40.2 Å². The molecule has 5 aromatic carbocycles. The lowest BCUT2D eigenvalue weighted by atomic mass is 10.1. The molecule has 0 radical (unpaired) electrons. The van der Waals surface area contributed by atoms with E-state index in [0.29, 0.717) is 16.9 Å². The normalized spacial score (nSPS) is 12.2. The minimum Gasteiger partial charge on any atom is -0.355 e. The van der Waals surface area contributed by atoms with Crippen LogP contribution in [0.4, 0.5) is 32.8 Å². The number of anilines is 4. The first-order chi connectivity index (χ1) is 25.6. The largest absolute Gasteiger partial charge is 0.355 e. The average Bonchev–Trinajstić information content (AvgIpc) is 3.94. The molecular weight excluding hydrogens is 941 g/mol. The summed E-state index contributed by atoms with van der Waals surface area (Å²) in [6.45, 7) is 4.06. The van der Waals surface area contributed by atoms with Crippen LogP contribution >= 0.6 is 45.2 Å². The van der Waals surface area contributed by atoms with Crippen LogP contribution in [0.2, 0.25) is 0 Å². The summed E-state index contributed by atoms with van der Waals surface area (Å²) in [6, 6.07) is 26.1. The van der Waals surface area contributed by atoms with Crippen molar-refractivity contribution in [2.24, 2.45) is 5.14 Å². The van der Waals surface area contributed by atoms with Crippen LogP contribution in [0.5, 0.6) is 0 Å². The number of carbonyl (C=O) groups excluding carboxylic acids is 2. The van der Waals surface area contributed by atoms with Gasteiger partial charge in [0.05, 0.1) is 32.3 Å². The summed E-state index contributed by atoms with van der Waals surface area (Å²) in [6.07, 6.45) is 1.92. The summed E-state index contributed by atoms with van der Waals surface area (Å²) >= 11 is 4.45. The van der Waals surface area contributed by atoms with Gasteiger partial charge in [-0.15, -0.1) is 0 Å². The molecule has 2 amide bonds. The number of nitrogens with one attached hydrogen (secondary N) is 4. The molecule has 6 rings (SSSR count). The molecule has 1 saturated carbocycles. The first-order valence-corrected chi connectivity index (χ1v) is 20.1. The number of benzene rings is 5. The number of halogens is 3. The molecule has 0 bridgehead atoms. The Hall–Kier alpha value is -4.66. The van der Waals surface area contributed by atoms with Crippen molar-refractivity contribution < 1.29 is 27.3 Å². The van der Waals surface area contributed by atoms with Gasteiger partial charge in [0.25, 0.3) is 17.5 Å². The van der Waals surface area contributed by atoms with E-state index in [0.717, 1.165) is 42.5 Å². The van der Waals surface area contributed by atoms with Crippen LogP contribution in [-0.2, 0) is 16.6 Å². The van der Waals surface area contributed by atoms with Gasteiger partial charge in [0.1, 0.15) is 5.82 Å². The van der Waals surface area contributed by atoms with Crippen LogP contribution in [0, 0.1) is 36.9 Å². The summed E-state index contributed by atoms with van der Waals surface area (Å²) in [7, 11) is -3.78. The number of nitrogens with zero attached hydrogens (tertiary/aromatic N) is 1. The van der Waals surface area contributed by atoms with E-state index in [4.69, 9.17) is 5.14 Å². The second-order valence-electron chi connectivity index (χ2n) is 12.5. The number of nitro benzene ring substituents is 1. The van der Waals surface area contributed by atoms with E-state index < -0.39 is 26.7 Å². The summed E-state index contributed by atoms with van der Waals surface area (Å²) in [5, 5.41) is 28.1. The molecule has 0 unspecified atom stereocenters. The molecule has 1 aliphatic rings. The lowest BCUT2D eigenvalue weighted by molar-refractivity contribution is -0.384. The topological polar surface area (TPSA) is 186 Å². The molecule has 0 saturated heterocycles. The van der Waals surface area contributed by atoms with Gasteiger partial charge in [-0.3, -0.25) is 19.7 Å². The van der Waals surface area contributed by atoms with Gasteiger partial charge in [0.2, 0.25) is 10.0 Å². The monoisotopic (exact) mass is 976 g/mol. The molecule has 16 heteroatoms. The lowest BCUT2D eigenvalue weighted by Gasteiger charge is -2.14. The van der Waals surface area contributed by atoms with Gasteiger partial charge >= 0.3 is 0 Å². The lowest BCUT2D eigenvalue weighted by Crippen LogP contribution is -2.26. The second kappa shape index (κ2) is 17.7. The predicted molar refractivity (Wildman–Crippen MR) is 223 cm³/mol. The summed E-state index contributed by atoms with van der Waals surface area (Å²) in [5.74, 6) is -1.27. The zero-order valence-electron chi connectivity index (χ0n) is 29.0. The highest BCUT2D eigenvalue weighted by molar-refractivity contribution is 14.1. The maximum absolute atomic E-state index is 13.8. The zero-order chi connectivity index (χ0) is 39.2. The van der Waals surface area contributed by atoms with Crippen LogP contribution in [0.3, 0.4) is 0 Å². The van der Waals surface area contributed by atoms with Gasteiger partial charge in [-0.25, -0.2) is 17.9 Å². The Morgan fingerprint density at radius 1 is 0.778 bits per heavy atom. The quantitative estimate of drug-likeness (QED) is 0.0498. The van der Waals surface area contributed by atoms with E-state index in [1.807, 2.05) is 50.2 Å². The van der Waals surface area contributed by atoms with Crippen molar-refractivity contribution in [2.45, 2.75) is 44.2 Å². The average molecular weight is 977 g/mol. The van der Waals surface area contributed by atoms with E-state index in [1.165, 1.54) is 42.5 Å². The van der Waals surface area contributed by atoms with E-state index in [9.17, 15) is 32.5 Å². The SMILES string of the molecule is Cc1cc(I)ccc1Nc1ccc(F)cc1C(=O)NCc1ccc(S(N)(=O)=O)cc1.Cc1cc(I)ccc1Nc1ccc([N+](=O)[O-])cc1C(=O)NC1CC1. The van der Waals surface area contributed by atoms with Crippen molar-refractivity contribution in [1.82, 2.24) is 10.6 Å². The molecule has 0 aliphatic heterocycles. The Bertz CT molecular complexity index is 2340. The van der Waals surface area contributed by atoms with Gasteiger partial charge in [0, 0.05) is 43.2 Å². The third kappa shape index (κ3) is 11.2. The van der Waals surface area contributed by atoms with Gasteiger partial charge < -0.3 is 21.3 Å². The number of non-ortho nitro benzene ring substituents is 1. The number of rotatable bonds is 11. The van der Waals surface area contributed by atoms with Crippen LogP contribution < -0.4 is 26.4 Å². The predicted octanol–water partition coefficient (Wildman–Crippen LogP) is 8.20. The van der Waals surface area contributed by atoms with Crippen molar-refractivity contribution in [3.8, 4) is 0 Å². The van der Waals surface area contributed by atoms with Crippen molar-refractivity contribution in [2.75, 3.05) is 10.6 Å². The molecule has 280 valence electrons. The number of hydrogen-bond donors (Lipinski definition) is 5. The highest BCUT2D eigenvalue weighted by Crippen LogP contribution is 2.30. The smallest absolute Gasteiger partial charge is 0.270 e. The summed E-state index contributed by atoms with van der Waals surface area (Å²) < 4.78 is 38.7. The maximum Gasteiger partial charge on any atom is 0.270 e. The van der Waals surface area contributed by atoms with Crippen LogP contribution in [0.1, 0.15) is 50.2 Å². The molecule has 1 aliphatic carbocycles. The Morgan fingerprint density at radius 2 is 1.30 bits per heavy atom.